The predicted octanol–water partition coefficient (Wildman–Crippen LogP) is 2.75. The number of nitrogens with one attached hydrogen (secondary N) is 2. The molecule has 0 fully saturated rings. The standard InChI is InChI=1S/C21H15N7O2/c29-19-18(26-21-28-27-20(30-21)16-10-11-22-12-23-16)25-17(13-6-2-1-3-7-13)14-8-4-5-9-15(14)24-19/h1-12,18H,(H,24,29)(H,26,28)/t18-/m1/s1. The fraction of sp³-hybridized carbons (Fsp3) is 0.0476. The number of anilines is 2. The Morgan fingerprint density at radius 1 is 0.967 bits per heavy atom. The van der Waals surface area contributed by atoms with Crippen molar-refractivity contribution in [2.24, 2.45) is 4.99 Å². The minimum atomic E-state index is -0.966. The first-order chi connectivity index (χ1) is 14.8. The average Bonchev–Trinajstić information content (AvgIpc) is 3.21. The highest BCUT2D eigenvalue weighted by atomic mass is 16.4. The summed E-state index contributed by atoms with van der Waals surface area (Å²) in [6.45, 7) is 0. The van der Waals surface area contributed by atoms with Crippen molar-refractivity contribution in [1.29, 1.82) is 0 Å². The summed E-state index contributed by atoms with van der Waals surface area (Å²) in [6.07, 6.45) is 2.00. The lowest BCUT2D eigenvalue weighted by Gasteiger charge is -2.11. The molecule has 2 N–H and O–H groups in total. The predicted molar refractivity (Wildman–Crippen MR) is 110 cm³/mol. The first-order valence-electron chi connectivity index (χ1n) is 9.18. The van der Waals surface area contributed by atoms with Crippen LogP contribution < -0.4 is 10.6 Å². The van der Waals surface area contributed by atoms with Gasteiger partial charge >= 0.3 is 6.01 Å². The Morgan fingerprint density at radius 3 is 2.63 bits per heavy atom. The number of nitrogens with zero attached hydrogens (tertiary/aromatic N) is 5. The Morgan fingerprint density at radius 2 is 1.80 bits per heavy atom. The summed E-state index contributed by atoms with van der Waals surface area (Å²) in [6, 6.07) is 18.9. The quantitative estimate of drug-likeness (QED) is 0.543. The summed E-state index contributed by atoms with van der Waals surface area (Å²) in [4.78, 5) is 25.5. The van der Waals surface area contributed by atoms with Gasteiger partial charge in [0.05, 0.1) is 11.4 Å². The van der Waals surface area contributed by atoms with Crippen molar-refractivity contribution < 1.29 is 9.21 Å². The van der Waals surface area contributed by atoms with Crippen molar-refractivity contribution in [3.05, 3.63) is 84.3 Å². The topological polar surface area (TPSA) is 118 Å². The first kappa shape index (κ1) is 17.7. The van der Waals surface area contributed by atoms with Gasteiger partial charge in [-0.15, -0.1) is 5.10 Å². The van der Waals surface area contributed by atoms with Crippen LogP contribution in [-0.2, 0) is 4.79 Å². The molecule has 1 atom stereocenters. The summed E-state index contributed by atoms with van der Waals surface area (Å²) in [7, 11) is 0. The molecular weight excluding hydrogens is 382 g/mol. The molecule has 0 radical (unpaired) electrons. The van der Waals surface area contributed by atoms with Crippen molar-refractivity contribution in [3.8, 4) is 11.6 Å². The van der Waals surface area contributed by atoms with E-state index >= 15 is 0 Å². The minimum Gasteiger partial charge on any atom is -0.402 e. The van der Waals surface area contributed by atoms with Crippen LogP contribution in [0.25, 0.3) is 11.6 Å². The second-order valence-electron chi connectivity index (χ2n) is 6.43. The van der Waals surface area contributed by atoms with E-state index in [1.54, 1.807) is 12.3 Å². The van der Waals surface area contributed by atoms with E-state index in [1.165, 1.54) is 6.33 Å². The van der Waals surface area contributed by atoms with Gasteiger partial charge in [0.1, 0.15) is 12.0 Å². The molecule has 0 saturated carbocycles. The third kappa shape index (κ3) is 3.39. The number of aromatic nitrogens is 4. The Labute approximate surface area is 170 Å². The van der Waals surface area contributed by atoms with Crippen LogP contribution in [0.5, 0.6) is 0 Å². The van der Waals surface area contributed by atoms with E-state index < -0.39 is 6.17 Å². The average molecular weight is 397 g/mol. The first-order valence-corrected chi connectivity index (χ1v) is 9.18. The molecule has 0 saturated heterocycles. The largest absolute Gasteiger partial charge is 0.402 e. The van der Waals surface area contributed by atoms with Crippen molar-refractivity contribution in [1.82, 2.24) is 20.2 Å². The zero-order valence-electron chi connectivity index (χ0n) is 15.6. The molecule has 5 rings (SSSR count). The molecule has 0 aliphatic carbocycles. The molecule has 146 valence electrons. The van der Waals surface area contributed by atoms with Gasteiger partial charge in [0, 0.05) is 17.3 Å². The lowest BCUT2D eigenvalue weighted by Crippen LogP contribution is -2.32. The lowest BCUT2D eigenvalue weighted by molar-refractivity contribution is -0.116. The Hall–Kier alpha value is -4.40. The summed E-state index contributed by atoms with van der Waals surface area (Å²) >= 11 is 0. The fourth-order valence-corrected chi connectivity index (χ4v) is 3.10. The van der Waals surface area contributed by atoms with E-state index in [-0.39, 0.29) is 17.8 Å². The van der Waals surface area contributed by atoms with Crippen LogP contribution in [-0.4, -0.2) is 37.9 Å². The fourth-order valence-electron chi connectivity index (χ4n) is 3.10. The van der Waals surface area contributed by atoms with E-state index in [1.807, 2.05) is 54.6 Å². The van der Waals surface area contributed by atoms with Gasteiger partial charge in [-0.05, 0) is 12.1 Å². The van der Waals surface area contributed by atoms with Gasteiger partial charge < -0.3 is 15.1 Å². The number of fused-ring (bicyclic) bond motifs is 1. The number of amides is 1. The Bertz CT molecular complexity index is 1220. The van der Waals surface area contributed by atoms with E-state index in [2.05, 4.69) is 35.8 Å². The summed E-state index contributed by atoms with van der Waals surface area (Å²) in [5.41, 5.74) is 3.56. The number of benzene rings is 2. The SMILES string of the molecule is O=C1Nc2ccccc2C(c2ccccc2)=N[C@@H]1Nc1nnc(-c2ccncn2)o1. The number of para-hydroxylation sites is 1. The van der Waals surface area contributed by atoms with Gasteiger partial charge in [0.2, 0.25) is 6.17 Å². The summed E-state index contributed by atoms with van der Waals surface area (Å²) in [5.74, 6) is -0.125. The molecule has 4 aromatic rings. The van der Waals surface area contributed by atoms with Crippen LogP contribution in [0.2, 0.25) is 0 Å². The third-order valence-electron chi connectivity index (χ3n) is 4.48. The Kier molecular flexibility index (Phi) is 4.45. The van der Waals surface area contributed by atoms with E-state index in [0.717, 1.165) is 11.1 Å². The van der Waals surface area contributed by atoms with Crippen molar-refractivity contribution in [2.75, 3.05) is 10.6 Å². The van der Waals surface area contributed by atoms with Crippen LogP contribution in [0.1, 0.15) is 11.1 Å². The van der Waals surface area contributed by atoms with Crippen LogP contribution in [0.3, 0.4) is 0 Å². The lowest BCUT2D eigenvalue weighted by atomic mass is 10.0. The third-order valence-corrected chi connectivity index (χ3v) is 4.48. The maximum absolute atomic E-state index is 12.8. The highest BCUT2D eigenvalue weighted by molar-refractivity contribution is 6.19. The van der Waals surface area contributed by atoms with Gasteiger partial charge in [0.15, 0.2) is 0 Å². The van der Waals surface area contributed by atoms with Gasteiger partial charge in [0.25, 0.3) is 11.8 Å². The van der Waals surface area contributed by atoms with Gasteiger partial charge in [-0.25, -0.2) is 15.0 Å². The second kappa shape index (κ2) is 7.55. The summed E-state index contributed by atoms with van der Waals surface area (Å²) < 4.78 is 5.61. The van der Waals surface area contributed by atoms with Crippen molar-refractivity contribution in [2.45, 2.75) is 6.17 Å². The van der Waals surface area contributed by atoms with Crippen LogP contribution in [0.4, 0.5) is 11.7 Å². The molecule has 1 amide bonds. The van der Waals surface area contributed by atoms with Crippen LogP contribution >= 0.6 is 0 Å². The number of carbonyl (C=O) groups is 1. The monoisotopic (exact) mass is 397 g/mol. The van der Waals surface area contributed by atoms with Crippen molar-refractivity contribution >= 4 is 23.3 Å². The van der Waals surface area contributed by atoms with E-state index in [0.29, 0.717) is 17.1 Å². The number of hydrogen-bond donors (Lipinski definition) is 2. The van der Waals surface area contributed by atoms with Crippen LogP contribution in [0.15, 0.2) is 82.6 Å². The molecule has 3 heterocycles. The summed E-state index contributed by atoms with van der Waals surface area (Å²) in [5, 5.41) is 13.7. The van der Waals surface area contributed by atoms with E-state index in [9.17, 15) is 4.79 Å². The smallest absolute Gasteiger partial charge is 0.317 e. The minimum absolute atomic E-state index is 0.0610. The maximum Gasteiger partial charge on any atom is 0.317 e. The maximum atomic E-state index is 12.8. The molecule has 0 unspecified atom stereocenters. The highest BCUT2D eigenvalue weighted by Gasteiger charge is 2.27. The molecule has 2 aromatic carbocycles. The zero-order valence-corrected chi connectivity index (χ0v) is 15.6. The molecule has 2 aromatic heterocycles. The molecule has 30 heavy (non-hydrogen) atoms. The number of rotatable bonds is 4. The normalized spacial score (nSPS) is 15.5. The van der Waals surface area contributed by atoms with Crippen LogP contribution in [0, 0.1) is 0 Å². The number of carbonyl (C=O) groups excluding carboxylic acids is 1. The number of benzodiazepines with no additional fused rings is 1. The van der Waals surface area contributed by atoms with E-state index in [4.69, 9.17) is 4.42 Å². The number of hydrogen-bond acceptors (Lipinski definition) is 8. The Balaban J connectivity index is 1.51. The van der Waals surface area contributed by atoms with Gasteiger partial charge in [-0.2, -0.15) is 0 Å². The molecular formula is C21H15N7O2. The highest BCUT2D eigenvalue weighted by Crippen LogP contribution is 2.25. The molecule has 0 spiro atoms. The molecule has 0 bridgehead atoms. The second-order valence-corrected chi connectivity index (χ2v) is 6.43. The molecule has 9 heteroatoms. The molecule has 9 nitrogen and oxygen atoms in total. The van der Waals surface area contributed by atoms with Crippen molar-refractivity contribution in [3.63, 3.8) is 0 Å². The zero-order chi connectivity index (χ0) is 20.3. The van der Waals surface area contributed by atoms with Gasteiger partial charge in [-0.3, -0.25) is 4.79 Å². The number of aliphatic imine (C=N–C) groups is 1. The molecule has 1 aliphatic rings. The van der Waals surface area contributed by atoms with Gasteiger partial charge in [-0.1, -0.05) is 53.6 Å². The molecule has 1 aliphatic heterocycles.